The molecule has 3 aromatic carbocycles. The Morgan fingerprint density at radius 3 is 1.68 bits per heavy atom. The van der Waals surface area contributed by atoms with E-state index in [0.717, 1.165) is 16.7 Å². The third-order valence-corrected chi connectivity index (χ3v) is 5.05. The van der Waals surface area contributed by atoms with Crippen molar-refractivity contribution in [2.45, 2.75) is 18.1 Å². The molecule has 0 radical (unpaired) electrons. The lowest BCUT2D eigenvalue weighted by molar-refractivity contribution is -0.00212. The van der Waals surface area contributed by atoms with Gasteiger partial charge in [0.15, 0.2) is 0 Å². The van der Waals surface area contributed by atoms with Gasteiger partial charge >= 0.3 is 6.09 Å². The second-order valence-electron chi connectivity index (χ2n) is 6.82. The highest BCUT2D eigenvalue weighted by Gasteiger charge is 2.37. The molecule has 3 aromatic rings. The molecule has 1 unspecified atom stereocenters. The van der Waals surface area contributed by atoms with Gasteiger partial charge in [-0.15, -0.1) is 0 Å². The van der Waals surface area contributed by atoms with Gasteiger partial charge in [0.25, 0.3) is 0 Å². The molecule has 4 nitrogen and oxygen atoms in total. The third kappa shape index (κ3) is 3.64. The number of carbonyl (C=O) groups is 1. The Labute approximate surface area is 165 Å². The van der Waals surface area contributed by atoms with E-state index in [1.807, 2.05) is 54.6 Å². The molecule has 1 atom stereocenters. The molecule has 142 valence electrons. The van der Waals surface area contributed by atoms with Crippen LogP contribution in [0.5, 0.6) is 0 Å². The molecule has 1 aliphatic heterocycles. The van der Waals surface area contributed by atoms with E-state index in [1.54, 1.807) is 0 Å². The van der Waals surface area contributed by atoms with Crippen LogP contribution in [0.15, 0.2) is 91.0 Å². The van der Waals surface area contributed by atoms with Crippen LogP contribution in [0.4, 0.5) is 4.79 Å². The minimum atomic E-state index is -0.736. The van der Waals surface area contributed by atoms with Gasteiger partial charge in [-0.05, 0) is 16.7 Å². The average Bonchev–Trinajstić information content (AvgIpc) is 3.18. The maximum Gasteiger partial charge on any atom is 0.407 e. The van der Waals surface area contributed by atoms with Crippen molar-refractivity contribution in [3.8, 4) is 0 Å². The zero-order valence-corrected chi connectivity index (χ0v) is 15.6. The smallest absolute Gasteiger partial charge is 0.407 e. The van der Waals surface area contributed by atoms with Crippen LogP contribution in [0.3, 0.4) is 0 Å². The Kier molecular flexibility index (Phi) is 5.40. The van der Waals surface area contributed by atoms with Crippen molar-refractivity contribution < 1.29 is 14.3 Å². The lowest BCUT2D eigenvalue weighted by Crippen LogP contribution is -2.34. The molecular formula is C24H23NO3. The van der Waals surface area contributed by atoms with Crippen LogP contribution >= 0.6 is 0 Å². The van der Waals surface area contributed by atoms with Crippen molar-refractivity contribution in [2.24, 2.45) is 0 Å². The van der Waals surface area contributed by atoms with Crippen LogP contribution < -0.4 is 5.32 Å². The van der Waals surface area contributed by atoms with Crippen molar-refractivity contribution in [3.05, 3.63) is 108 Å². The number of hydrogen-bond acceptors (Lipinski definition) is 3. The fraction of sp³-hybridized carbons (Fsp3) is 0.208. The van der Waals surface area contributed by atoms with Crippen molar-refractivity contribution in [2.75, 3.05) is 13.2 Å². The van der Waals surface area contributed by atoms with Gasteiger partial charge in [-0.2, -0.15) is 0 Å². The van der Waals surface area contributed by atoms with Crippen molar-refractivity contribution >= 4 is 6.09 Å². The topological polar surface area (TPSA) is 47.6 Å². The normalized spacial score (nSPS) is 16.4. The highest BCUT2D eigenvalue weighted by atomic mass is 16.6. The quantitative estimate of drug-likeness (QED) is 0.621. The Morgan fingerprint density at radius 1 is 0.821 bits per heavy atom. The Morgan fingerprint density at radius 2 is 1.29 bits per heavy atom. The van der Waals surface area contributed by atoms with Crippen LogP contribution in [-0.2, 0) is 15.1 Å². The number of nitrogens with one attached hydrogen (secondary N) is 1. The minimum Gasteiger partial charge on any atom is -0.444 e. The van der Waals surface area contributed by atoms with E-state index in [4.69, 9.17) is 9.47 Å². The van der Waals surface area contributed by atoms with Gasteiger partial charge in [0.2, 0.25) is 0 Å². The fourth-order valence-corrected chi connectivity index (χ4v) is 3.70. The first-order chi connectivity index (χ1) is 13.8. The largest absolute Gasteiger partial charge is 0.444 e. The minimum absolute atomic E-state index is 0.160. The number of rotatable bonds is 7. The number of carbonyl (C=O) groups excluding carboxylic acids is 1. The highest BCUT2D eigenvalue weighted by Crippen LogP contribution is 2.40. The first kappa shape index (κ1) is 18.3. The lowest BCUT2D eigenvalue weighted by Gasteiger charge is -2.36. The molecule has 1 amide bonds. The van der Waals surface area contributed by atoms with Crippen LogP contribution in [0.2, 0.25) is 0 Å². The predicted molar refractivity (Wildman–Crippen MR) is 108 cm³/mol. The van der Waals surface area contributed by atoms with Gasteiger partial charge in [0, 0.05) is 6.42 Å². The molecule has 1 fully saturated rings. The maximum atomic E-state index is 11.3. The molecule has 0 aromatic heterocycles. The Bertz CT molecular complexity index is 800. The molecule has 4 rings (SSSR count). The Balaban J connectivity index is 1.73. The molecular weight excluding hydrogens is 350 g/mol. The van der Waals surface area contributed by atoms with Crippen molar-refractivity contribution in [1.82, 2.24) is 5.32 Å². The summed E-state index contributed by atoms with van der Waals surface area (Å²) in [6, 6.07) is 30.8. The molecule has 4 heteroatoms. The highest BCUT2D eigenvalue weighted by molar-refractivity contribution is 5.69. The van der Waals surface area contributed by atoms with E-state index in [9.17, 15) is 4.79 Å². The molecule has 1 heterocycles. The second kappa shape index (κ2) is 8.28. The summed E-state index contributed by atoms with van der Waals surface area (Å²) < 4.78 is 11.9. The maximum absolute atomic E-state index is 11.3. The fourth-order valence-electron chi connectivity index (χ4n) is 3.70. The summed E-state index contributed by atoms with van der Waals surface area (Å²) in [5, 5.41) is 2.70. The molecule has 1 aliphatic rings. The number of hydrogen-bond donors (Lipinski definition) is 1. The van der Waals surface area contributed by atoms with Crippen LogP contribution in [0.1, 0.15) is 23.1 Å². The van der Waals surface area contributed by atoms with Crippen molar-refractivity contribution in [1.29, 1.82) is 0 Å². The van der Waals surface area contributed by atoms with E-state index < -0.39 is 5.60 Å². The van der Waals surface area contributed by atoms with Gasteiger partial charge < -0.3 is 14.8 Å². The van der Waals surface area contributed by atoms with E-state index in [-0.39, 0.29) is 12.2 Å². The number of ether oxygens (including phenoxy) is 2. The molecule has 1 N–H and O–H groups in total. The summed E-state index contributed by atoms with van der Waals surface area (Å²) >= 11 is 0. The molecule has 0 spiro atoms. The number of alkyl carbamates (subject to hydrolysis) is 1. The van der Waals surface area contributed by atoms with Crippen LogP contribution in [0.25, 0.3) is 0 Å². The zero-order valence-electron chi connectivity index (χ0n) is 15.6. The van der Waals surface area contributed by atoms with E-state index in [2.05, 4.69) is 41.7 Å². The standard InChI is InChI=1S/C24H23NO3/c26-23-25-18-22(28-23)16-17-27-24(19-10-4-1-5-11-19,20-12-6-2-7-13-20)21-14-8-3-9-15-21/h1-15,22H,16-18H2,(H,25,26). The summed E-state index contributed by atoms with van der Waals surface area (Å²) in [5.41, 5.74) is 2.46. The molecule has 0 saturated carbocycles. The molecule has 0 aliphatic carbocycles. The summed E-state index contributed by atoms with van der Waals surface area (Å²) in [5.74, 6) is 0. The van der Waals surface area contributed by atoms with Crippen molar-refractivity contribution in [3.63, 3.8) is 0 Å². The number of benzene rings is 3. The number of cyclic esters (lactones) is 1. The number of amides is 1. The van der Waals surface area contributed by atoms with Gasteiger partial charge in [0.05, 0.1) is 13.2 Å². The predicted octanol–water partition coefficient (Wildman–Crippen LogP) is 4.49. The molecule has 28 heavy (non-hydrogen) atoms. The van der Waals surface area contributed by atoms with Gasteiger partial charge in [-0.1, -0.05) is 91.0 Å². The molecule has 1 saturated heterocycles. The van der Waals surface area contributed by atoms with Gasteiger partial charge in [-0.3, -0.25) is 0 Å². The first-order valence-electron chi connectivity index (χ1n) is 9.54. The van der Waals surface area contributed by atoms with Gasteiger partial charge in [-0.25, -0.2) is 4.79 Å². The molecule has 0 bridgehead atoms. The monoisotopic (exact) mass is 373 g/mol. The van der Waals surface area contributed by atoms with E-state index in [1.165, 1.54) is 0 Å². The third-order valence-electron chi connectivity index (χ3n) is 5.05. The Hall–Kier alpha value is -3.11. The van der Waals surface area contributed by atoms with E-state index >= 15 is 0 Å². The second-order valence-corrected chi connectivity index (χ2v) is 6.82. The SMILES string of the molecule is O=C1NCC(CCOC(c2ccccc2)(c2ccccc2)c2ccccc2)O1. The van der Waals surface area contributed by atoms with Crippen LogP contribution in [0, 0.1) is 0 Å². The van der Waals surface area contributed by atoms with Crippen LogP contribution in [-0.4, -0.2) is 25.3 Å². The zero-order chi connectivity index (χ0) is 19.2. The van der Waals surface area contributed by atoms with Gasteiger partial charge in [0.1, 0.15) is 11.7 Å². The first-order valence-corrected chi connectivity index (χ1v) is 9.54. The summed E-state index contributed by atoms with van der Waals surface area (Å²) in [6.45, 7) is 0.982. The summed E-state index contributed by atoms with van der Waals surface area (Å²) in [7, 11) is 0. The lowest BCUT2D eigenvalue weighted by atomic mass is 9.80. The summed E-state index contributed by atoms with van der Waals surface area (Å²) in [4.78, 5) is 11.3. The van der Waals surface area contributed by atoms with E-state index in [0.29, 0.717) is 19.6 Å². The average molecular weight is 373 g/mol. The summed E-state index contributed by atoms with van der Waals surface area (Å²) in [6.07, 6.45) is 0.116.